The molecule has 0 atom stereocenters. The van der Waals surface area contributed by atoms with Gasteiger partial charge in [-0.25, -0.2) is 14.5 Å². The van der Waals surface area contributed by atoms with Crippen molar-refractivity contribution in [2.45, 2.75) is 44.8 Å². The number of methoxy groups -OCH3 is 1. The minimum absolute atomic E-state index is 0.0397. The smallest absolute Gasteiger partial charge is 0.422 e. The number of alkyl halides is 3. The number of halogens is 4. The van der Waals surface area contributed by atoms with Gasteiger partial charge in [0, 0.05) is 40.6 Å². The second-order valence-corrected chi connectivity index (χ2v) is 13.7. The van der Waals surface area contributed by atoms with E-state index in [1.807, 2.05) is 32.0 Å². The lowest BCUT2D eigenvalue weighted by Crippen LogP contribution is -2.37. The van der Waals surface area contributed by atoms with Crippen LogP contribution in [0.15, 0.2) is 83.9 Å². The highest BCUT2D eigenvalue weighted by Crippen LogP contribution is 2.48. The van der Waals surface area contributed by atoms with Gasteiger partial charge in [0.15, 0.2) is 6.61 Å². The highest BCUT2D eigenvalue weighted by Gasteiger charge is 2.45. The van der Waals surface area contributed by atoms with E-state index in [9.17, 15) is 32.3 Å². The van der Waals surface area contributed by atoms with Crippen molar-refractivity contribution in [1.82, 2.24) is 30.0 Å². The molecule has 4 N–H and O–H groups in total. The van der Waals surface area contributed by atoms with Crippen LogP contribution in [0.1, 0.15) is 46.6 Å². The lowest BCUT2D eigenvalue weighted by atomic mass is 10.1. The molecule has 2 heterocycles. The molecule has 0 bridgehead atoms. The molecule has 3 aromatic carbocycles. The molecule has 16 nitrogen and oxygen atoms in total. The van der Waals surface area contributed by atoms with Gasteiger partial charge in [-0.3, -0.25) is 14.4 Å². The molecule has 1 fully saturated rings. The Bertz CT molecular complexity index is 2380. The number of rotatable bonds is 14. The van der Waals surface area contributed by atoms with Crippen LogP contribution in [-0.2, 0) is 24.7 Å². The standard InChI is InChI=1S/C39H36ClF3N10O6/c1-22-20-23(2)53(52-22)29-14-12-27(13-15-29)45-33(56)32(55)44-19-16-30(34(57)58-3)47-31(54)24-4-10-28(11-5-24)46-35-48-36(50-37(49-35)59-21-39(41,42)43)51-38(17-18-38)25-6-8-26(40)9-7-25/h4-15,20H,16-19,21H2,1-3H3,(H,44,55)(H,45,56)(H2,46,48,49,50,51)/b47-30-. The third kappa shape index (κ3) is 11.2. The van der Waals surface area contributed by atoms with Crippen molar-refractivity contribution in [3.8, 4) is 11.7 Å². The monoisotopic (exact) mass is 832 g/mol. The number of nitrogens with one attached hydrogen (secondary N) is 4. The maximum Gasteiger partial charge on any atom is 0.422 e. The minimum atomic E-state index is -4.65. The van der Waals surface area contributed by atoms with E-state index in [0.717, 1.165) is 29.7 Å². The molecule has 1 saturated carbocycles. The van der Waals surface area contributed by atoms with Gasteiger partial charge in [0.05, 0.1) is 24.0 Å². The third-order valence-corrected chi connectivity index (χ3v) is 9.01. The molecule has 1 aliphatic rings. The number of carbonyl (C=O) groups excluding carboxylic acids is 4. The van der Waals surface area contributed by atoms with Gasteiger partial charge in [0.1, 0.15) is 5.71 Å². The first-order valence-corrected chi connectivity index (χ1v) is 18.3. The molecule has 306 valence electrons. The fraction of sp³-hybridized carbons (Fsp3) is 0.256. The van der Waals surface area contributed by atoms with E-state index in [2.05, 4.69) is 46.3 Å². The predicted octanol–water partition coefficient (Wildman–Crippen LogP) is 6.01. The van der Waals surface area contributed by atoms with E-state index in [-0.39, 0.29) is 36.1 Å². The molecule has 0 aliphatic heterocycles. The molecule has 0 unspecified atom stereocenters. The number of carbonyl (C=O) groups is 4. The van der Waals surface area contributed by atoms with E-state index < -0.39 is 48.0 Å². The van der Waals surface area contributed by atoms with Crippen molar-refractivity contribution in [2.24, 2.45) is 4.99 Å². The Morgan fingerprint density at radius 2 is 1.54 bits per heavy atom. The predicted molar refractivity (Wildman–Crippen MR) is 210 cm³/mol. The number of hydrogen-bond donors (Lipinski definition) is 4. The summed E-state index contributed by atoms with van der Waals surface area (Å²) in [6.45, 7) is 1.92. The fourth-order valence-electron chi connectivity index (χ4n) is 5.75. The van der Waals surface area contributed by atoms with Crippen molar-refractivity contribution >= 4 is 64.3 Å². The van der Waals surface area contributed by atoms with Crippen LogP contribution in [-0.4, -0.2) is 80.6 Å². The second-order valence-electron chi connectivity index (χ2n) is 13.3. The van der Waals surface area contributed by atoms with Crippen molar-refractivity contribution in [3.05, 3.63) is 106 Å². The highest BCUT2D eigenvalue weighted by atomic mass is 35.5. The van der Waals surface area contributed by atoms with Crippen LogP contribution in [0, 0.1) is 13.8 Å². The molecule has 0 spiro atoms. The van der Waals surface area contributed by atoms with Crippen LogP contribution in [0.2, 0.25) is 5.02 Å². The molecule has 6 rings (SSSR count). The molecule has 0 saturated heterocycles. The molecule has 5 aromatic rings. The molecule has 59 heavy (non-hydrogen) atoms. The SMILES string of the molecule is COC(=O)/C(CCNC(=O)C(=O)Nc1ccc(-n2nc(C)cc2C)cc1)=N\C(=O)c1ccc(Nc2nc(NC3(c4ccc(Cl)cc4)CC3)nc(OCC(F)(F)F)n2)cc1. The quantitative estimate of drug-likeness (QED) is 0.0577. The zero-order valence-corrected chi connectivity index (χ0v) is 32.4. The Kier molecular flexibility index (Phi) is 12.5. The number of aryl methyl sites for hydroxylation is 2. The van der Waals surface area contributed by atoms with Crippen LogP contribution in [0.4, 0.5) is 36.4 Å². The molecular weight excluding hydrogens is 797 g/mol. The Hall–Kier alpha value is -6.89. The Labute approximate surface area is 339 Å². The van der Waals surface area contributed by atoms with Gasteiger partial charge in [0.2, 0.25) is 11.9 Å². The number of anilines is 4. The highest BCUT2D eigenvalue weighted by molar-refractivity contribution is 6.40. The maximum atomic E-state index is 13.1. The topological polar surface area (TPSA) is 204 Å². The van der Waals surface area contributed by atoms with Crippen LogP contribution in [0.25, 0.3) is 5.69 Å². The van der Waals surface area contributed by atoms with Crippen LogP contribution in [0.5, 0.6) is 6.01 Å². The first-order chi connectivity index (χ1) is 28.1. The van der Waals surface area contributed by atoms with Crippen molar-refractivity contribution in [1.29, 1.82) is 0 Å². The van der Waals surface area contributed by atoms with Gasteiger partial charge in [-0.05, 0) is 99.0 Å². The van der Waals surface area contributed by atoms with E-state index in [0.29, 0.717) is 29.2 Å². The minimum Gasteiger partial charge on any atom is -0.465 e. The zero-order chi connectivity index (χ0) is 42.3. The largest absolute Gasteiger partial charge is 0.465 e. The molecule has 20 heteroatoms. The number of amides is 3. The summed E-state index contributed by atoms with van der Waals surface area (Å²) in [5.74, 6) is -3.88. The third-order valence-electron chi connectivity index (χ3n) is 8.76. The summed E-state index contributed by atoms with van der Waals surface area (Å²) in [5, 5.41) is 15.9. The molecule has 2 aromatic heterocycles. The Morgan fingerprint density at radius 3 is 2.15 bits per heavy atom. The summed E-state index contributed by atoms with van der Waals surface area (Å²) in [6.07, 6.45) is -3.49. The number of aromatic nitrogens is 5. The van der Waals surface area contributed by atoms with Gasteiger partial charge in [-0.15, -0.1) is 0 Å². The zero-order valence-electron chi connectivity index (χ0n) is 31.7. The van der Waals surface area contributed by atoms with Crippen molar-refractivity contribution in [3.63, 3.8) is 0 Å². The molecular formula is C39H36ClF3N10O6. The van der Waals surface area contributed by atoms with Crippen LogP contribution >= 0.6 is 11.6 Å². The molecule has 0 radical (unpaired) electrons. The summed E-state index contributed by atoms with van der Waals surface area (Å²) in [6, 6.07) is 20.8. The normalized spacial score (nSPS) is 13.2. The number of nitrogens with zero attached hydrogens (tertiary/aromatic N) is 6. The Morgan fingerprint density at radius 1 is 0.881 bits per heavy atom. The first kappa shape index (κ1) is 41.7. The second kappa shape index (κ2) is 17.7. The number of benzene rings is 3. The van der Waals surface area contributed by atoms with Crippen LogP contribution < -0.4 is 26.0 Å². The van der Waals surface area contributed by atoms with Gasteiger partial charge in [-0.1, -0.05) is 23.7 Å². The van der Waals surface area contributed by atoms with Crippen molar-refractivity contribution < 1.29 is 41.8 Å². The average molecular weight is 833 g/mol. The fourth-order valence-corrected chi connectivity index (χ4v) is 5.87. The van der Waals surface area contributed by atoms with Gasteiger partial charge >= 0.3 is 30.0 Å². The van der Waals surface area contributed by atoms with Gasteiger partial charge in [-0.2, -0.15) is 33.2 Å². The van der Waals surface area contributed by atoms with E-state index >= 15 is 0 Å². The average Bonchev–Trinajstić information content (AvgIpc) is 3.90. The first-order valence-electron chi connectivity index (χ1n) is 17.9. The number of hydrogen-bond acceptors (Lipinski definition) is 12. The van der Waals surface area contributed by atoms with E-state index in [1.165, 1.54) is 24.3 Å². The Balaban J connectivity index is 1.07. The summed E-state index contributed by atoms with van der Waals surface area (Å²) >= 11 is 6.03. The van der Waals surface area contributed by atoms with Gasteiger partial charge in [0.25, 0.3) is 5.91 Å². The molecule has 3 amide bonds. The van der Waals surface area contributed by atoms with Crippen molar-refractivity contribution in [2.75, 3.05) is 36.2 Å². The summed E-state index contributed by atoms with van der Waals surface area (Å²) in [5.41, 5.74) is 3.30. The number of ether oxygens (including phenoxy) is 2. The van der Waals surface area contributed by atoms with E-state index in [1.54, 1.807) is 41.1 Å². The van der Waals surface area contributed by atoms with Crippen LogP contribution in [0.3, 0.4) is 0 Å². The maximum absolute atomic E-state index is 13.1. The summed E-state index contributed by atoms with van der Waals surface area (Å²) in [4.78, 5) is 66.8. The summed E-state index contributed by atoms with van der Waals surface area (Å²) in [7, 11) is 1.10. The molecule has 1 aliphatic carbocycles. The number of aliphatic imine (C=N–C) groups is 1. The lowest BCUT2D eigenvalue weighted by molar-refractivity contribution is -0.154. The number of esters is 1. The lowest BCUT2D eigenvalue weighted by Gasteiger charge is -2.19. The summed E-state index contributed by atoms with van der Waals surface area (Å²) < 4.78 is 50.3. The van der Waals surface area contributed by atoms with Gasteiger partial charge < -0.3 is 30.7 Å². The van der Waals surface area contributed by atoms with E-state index in [4.69, 9.17) is 21.1 Å².